The van der Waals surface area contributed by atoms with E-state index in [0.29, 0.717) is 0 Å². The van der Waals surface area contributed by atoms with Crippen molar-refractivity contribution in [2.45, 2.75) is 45.5 Å². The normalized spacial score (nSPS) is 15.9. The van der Waals surface area contributed by atoms with Crippen LogP contribution in [0.25, 0.3) is 0 Å². The Labute approximate surface area is 83.4 Å². The Hall–Kier alpha value is -0.840. The molecule has 0 spiro atoms. The number of carbonyl (C=O) groups is 1. The number of alkyl carbamates (subject to hydrolysis) is 1. The van der Waals surface area contributed by atoms with E-state index in [1.807, 2.05) is 0 Å². The van der Waals surface area contributed by atoms with Gasteiger partial charge >= 0.3 is 6.09 Å². The Morgan fingerprint density at radius 1 is 1.57 bits per heavy atom. The largest absolute Gasteiger partial charge is 0.444 e. The zero-order chi connectivity index (χ0) is 11.4. The molecule has 1 amide bonds. The van der Waals surface area contributed by atoms with Gasteiger partial charge in [0.15, 0.2) is 0 Å². The van der Waals surface area contributed by atoms with Gasteiger partial charge in [0, 0.05) is 0 Å². The molecule has 2 N–H and O–H groups in total. The van der Waals surface area contributed by atoms with E-state index in [2.05, 4.69) is 5.32 Å². The molecule has 0 saturated heterocycles. The third kappa shape index (κ3) is 5.75. The number of hydrogen-bond acceptors (Lipinski definition) is 3. The number of halogens is 1. The van der Waals surface area contributed by atoms with Gasteiger partial charge in [0.05, 0.1) is 12.6 Å². The molecule has 2 atom stereocenters. The average molecular weight is 207 g/mol. The van der Waals surface area contributed by atoms with Crippen molar-refractivity contribution in [2.24, 2.45) is 0 Å². The summed E-state index contributed by atoms with van der Waals surface area (Å²) in [5.41, 5.74) is -0.621. The van der Waals surface area contributed by atoms with Gasteiger partial charge < -0.3 is 15.2 Å². The molecule has 14 heavy (non-hydrogen) atoms. The van der Waals surface area contributed by atoms with Gasteiger partial charge in [-0.3, -0.25) is 0 Å². The highest BCUT2D eigenvalue weighted by molar-refractivity contribution is 5.68. The average Bonchev–Trinajstić information content (AvgIpc) is 1.96. The molecule has 4 nitrogen and oxygen atoms in total. The lowest BCUT2D eigenvalue weighted by Crippen LogP contribution is -2.45. The zero-order valence-corrected chi connectivity index (χ0v) is 9.00. The van der Waals surface area contributed by atoms with E-state index in [4.69, 9.17) is 9.84 Å². The lowest BCUT2D eigenvalue weighted by molar-refractivity contribution is 0.0442. The maximum Gasteiger partial charge on any atom is 0.408 e. The smallest absolute Gasteiger partial charge is 0.408 e. The molecule has 0 rings (SSSR count). The van der Waals surface area contributed by atoms with E-state index in [1.165, 1.54) is 6.92 Å². The first kappa shape index (κ1) is 13.2. The van der Waals surface area contributed by atoms with E-state index < -0.39 is 30.5 Å². The van der Waals surface area contributed by atoms with Crippen LogP contribution in [-0.2, 0) is 4.74 Å². The predicted octanol–water partition coefficient (Wildman–Crippen LogP) is 1.23. The van der Waals surface area contributed by atoms with E-state index in [9.17, 15) is 9.18 Å². The fourth-order valence-corrected chi connectivity index (χ4v) is 0.765. The molecule has 0 saturated carbocycles. The van der Waals surface area contributed by atoms with Crippen molar-refractivity contribution in [3.8, 4) is 0 Å². The summed E-state index contributed by atoms with van der Waals surface area (Å²) >= 11 is 0. The van der Waals surface area contributed by atoms with Crippen molar-refractivity contribution in [3.63, 3.8) is 0 Å². The molecule has 0 aliphatic heterocycles. The highest BCUT2D eigenvalue weighted by Gasteiger charge is 2.22. The van der Waals surface area contributed by atoms with Crippen LogP contribution in [0.15, 0.2) is 0 Å². The van der Waals surface area contributed by atoms with Crippen molar-refractivity contribution in [3.05, 3.63) is 0 Å². The first-order chi connectivity index (χ1) is 6.26. The minimum absolute atomic E-state index is 0.448. The van der Waals surface area contributed by atoms with Gasteiger partial charge in [0.1, 0.15) is 11.8 Å². The quantitative estimate of drug-likeness (QED) is 0.731. The van der Waals surface area contributed by atoms with Crippen molar-refractivity contribution < 1.29 is 19.0 Å². The number of ether oxygens (including phenoxy) is 1. The number of aliphatic hydroxyl groups is 1. The maximum atomic E-state index is 12.7. The third-order valence-electron chi connectivity index (χ3n) is 1.45. The molecule has 84 valence electrons. The molecule has 0 radical (unpaired) electrons. The molecular formula is C9H18FNO3. The second-order valence-electron chi connectivity index (χ2n) is 4.11. The number of nitrogens with one attached hydrogen (secondary N) is 1. The van der Waals surface area contributed by atoms with Crippen LogP contribution in [0.1, 0.15) is 27.7 Å². The van der Waals surface area contributed by atoms with Crippen LogP contribution < -0.4 is 5.32 Å². The molecule has 0 aromatic carbocycles. The van der Waals surface area contributed by atoms with Crippen molar-refractivity contribution >= 4 is 6.09 Å². The van der Waals surface area contributed by atoms with Gasteiger partial charge in [-0.15, -0.1) is 0 Å². The summed E-state index contributed by atoms with van der Waals surface area (Å²) in [6.45, 7) is 5.94. The summed E-state index contributed by atoms with van der Waals surface area (Å²) in [5.74, 6) is 0. The SMILES string of the molecule is C[C@@H](F)[C@@H](CO)NC(=O)OC(C)(C)C. The van der Waals surface area contributed by atoms with Gasteiger partial charge in [-0.05, 0) is 27.7 Å². The number of carbonyl (C=O) groups excluding carboxylic acids is 1. The molecule has 0 fully saturated rings. The lowest BCUT2D eigenvalue weighted by Gasteiger charge is -2.23. The monoisotopic (exact) mass is 207 g/mol. The Morgan fingerprint density at radius 3 is 2.36 bits per heavy atom. The number of rotatable bonds is 3. The highest BCUT2D eigenvalue weighted by Crippen LogP contribution is 2.07. The van der Waals surface area contributed by atoms with Crippen LogP contribution in [0, 0.1) is 0 Å². The van der Waals surface area contributed by atoms with Crippen LogP contribution in [0.3, 0.4) is 0 Å². The van der Waals surface area contributed by atoms with Gasteiger partial charge in [-0.1, -0.05) is 0 Å². The molecule has 0 bridgehead atoms. The number of alkyl halides is 1. The van der Waals surface area contributed by atoms with E-state index in [1.54, 1.807) is 20.8 Å². The second kappa shape index (κ2) is 5.14. The van der Waals surface area contributed by atoms with E-state index in [0.717, 1.165) is 0 Å². The summed E-state index contributed by atoms with van der Waals surface area (Å²) in [4.78, 5) is 11.1. The number of hydrogen-bond donors (Lipinski definition) is 2. The number of aliphatic hydroxyl groups excluding tert-OH is 1. The van der Waals surface area contributed by atoms with E-state index >= 15 is 0 Å². The maximum absolute atomic E-state index is 12.7. The van der Waals surface area contributed by atoms with Gasteiger partial charge in [0.25, 0.3) is 0 Å². The predicted molar refractivity (Wildman–Crippen MR) is 50.8 cm³/mol. The molecule has 0 aromatic heterocycles. The summed E-state index contributed by atoms with van der Waals surface area (Å²) < 4.78 is 17.6. The fourth-order valence-electron chi connectivity index (χ4n) is 0.765. The highest BCUT2D eigenvalue weighted by atomic mass is 19.1. The number of amides is 1. The van der Waals surface area contributed by atoms with Crippen LogP contribution in [-0.4, -0.2) is 35.6 Å². The molecule has 0 aromatic rings. The topological polar surface area (TPSA) is 58.6 Å². The summed E-state index contributed by atoms with van der Waals surface area (Å²) in [7, 11) is 0. The Bertz CT molecular complexity index is 189. The zero-order valence-electron chi connectivity index (χ0n) is 9.00. The van der Waals surface area contributed by atoms with Crippen LogP contribution in [0.2, 0.25) is 0 Å². The van der Waals surface area contributed by atoms with Crippen molar-refractivity contribution in [2.75, 3.05) is 6.61 Å². The Balaban J connectivity index is 4.04. The molecule has 5 heteroatoms. The molecule has 0 heterocycles. The van der Waals surface area contributed by atoms with Crippen LogP contribution in [0.4, 0.5) is 9.18 Å². The first-order valence-electron chi connectivity index (χ1n) is 4.50. The molecular weight excluding hydrogens is 189 g/mol. The molecule has 0 aliphatic rings. The summed E-state index contributed by atoms with van der Waals surface area (Å²) in [5, 5.41) is 11.0. The third-order valence-corrected chi connectivity index (χ3v) is 1.45. The molecule has 0 unspecified atom stereocenters. The summed E-state index contributed by atoms with van der Waals surface area (Å²) in [6, 6.07) is -0.912. The van der Waals surface area contributed by atoms with Crippen molar-refractivity contribution in [1.82, 2.24) is 5.32 Å². The van der Waals surface area contributed by atoms with Gasteiger partial charge in [-0.2, -0.15) is 0 Å². The lowest BCUT2D eigenvalue weighted by atomic mass is 10.2. The summed E-state index contributed by atoms with van der Waals surface area (Å²) in [6.07, 6.45) is -2.03. The second-order valence-corrected chi connectivity index (χ2v) is 4.11. The van der Waals surface area contributed by atoms with Gasteiger partial charge in [0.2, 0.25) is 0 Å². The van der Waals surface area contributed by atoms with E-state index in [-0.39, 0.29) is 0 Å². The minimum atomic E-state index is -1.31. The standard InChI is InChI=1S/C9H18FNO3/c1-6(10)7(5-12)11-8(13)14-9(2,3)4/h6-7,12H,5H2,1-4H3,(H,11,13)/t6-,7-/m1/s1. The Morgan fingerprint density at radius 2 is 2.07 bits per heavy atom. The molecule has 0 aliphatic carbocycles. The minimum Gasteiger partial charge on any atom is -0.444 e. The van der Waals surface area contributed by atoms with Crippen LogP contribution >= 0.6 is 0 Å². The first-order valence-corrected chi connectivity index (χ1v) is 4.50. The van der Waals surface area contributed by atoms with Crippen LogP contribution in [0.5, 0.6) is 0 Å². The van der Waals surface area contributed by atoms with Gasteiger partial charge in [-0.25, -0.2) is 9.18 Å². The fraction of sp³-hybridized carbons (Fsp3) is 0.889. The Kier molecular flexibility index (Phi) is 4.83. The van der Waals surface area contributed by atoms with Crippen molar-refractivity contribution in [1.29, 1.82) is 0 Å².